The number of amides is 4. The van der Waals surface area contributed by atoms with Gasteiger partial charge in [-0.1, -0.05) is 24.3 Å². The van der Waals surface area contributed by atoms with Crippen LogP contribution in [0.25, 0.3) is 0 Å². The van der Waals surface area contributed by atoms with Crippen molar-refractivity contribution >= 4 is 29.5 Å². The van der Waals surface area contributed by atoms with Crippen LogP contribution in [0.3, 0.4) is 0 Å². The summed E-state index contributed by atoms with van der Waals surface area (Å²) < 4.78 is 5.43. The molecule has 0 atom stereocenters. The molecule has 0 fully saturated rings. The number of carbonyl (C=O) groups excluding carboxylic acids is 4. The number of esters is 1. The molecule has 8 nitrogen and oxygen atoms in total. The average molecular weight is 472 g/mol. The van der Waals surface area contributed by atoms with Gasteiger partial charge in [0.1, 0.15) is 5.75 Å². The first kappa shape index (κ1) is 23.7. The van der Waals surface area contributed by atoms with Crippen molar-refractivity contribution in [3.8, 4) is 5.75 Å². The molecule has 4 amide bonds. The summed E-state index contributed by atoms with van der Waals surface area (Å²) in [6, 6.07) is 19.7. The lowest BCUT2D eigenvalue weighted by molar-refractivity contribution is 0.0640. The van der Waals surface area contributed by atoms with E-state index >= 15 is 0 Å². The summed E-state index contributed by atoms with van der Waals surface area (Å²) in [4.78, 5) is 52.4. The quantitative estimate of drug-likeness (QED) is 0.329. The third-order valence-corrected chi connectivity index (χ3v) is 5.56. The van der Waals surface area contributed by atoms with E-state index < -0.39 is 5.97 Å². The number of imide groups is 1. The summed E-state index contributed by atoms with van der Waals surface area (Å²) in [5.74, 6) is -0.864. The van der Waals surface area contributed by atoms with Crippen LogP contribution >= 0.6 is 0 Å². The molecule has 0 spiro atoms. The number of rotatable bonds is 6. The maximum Gasteiger partial charge on any atom is 0.343 e. The first-order valence-electron chi connectivity index (χ1n) is 11.1. The van der Waals surface area contributed by atoms with Gasteiger partial charge in [0.15, 0.2) is 0 Å². The molecule has 8 heteroatoms. The third kappa shape index (κ3) is 5.06. The van der Waals surface area contributed by atoms with Crippen LogP contribution in [0.5, 0.6) is 5.75 Å². The van der Waals surface area contributed by atoms with Gasteiger partial charge in [0.2, 0.25) is 0 Å². The molecule has 1 aliphatic rings. The zero-order valence-corrected chi connectivity index (χ0v) is 19.6. The summed E-state index contributed by atoms with van der Waals surface area (Å²) in [6.07, 6.45) is 0. The van der Waals surface area contributed by atoms with Crippen molar-refractivity contribution in [3.63, 3.8) is 0 Å². The van der Waals surface area contributed by atoms with Crippen LogP contribution in [0.4, 0.5) is 10.5 Å². The second-order valence-corrected chi connectivity index (χ2v) is 8.49. The van der Waals surface area contributed by atoms with Gasteiger partial charge < -0.3 is 10.1 Å². The van der Waals surface area contributed by atoms with Crippen LogP contribution in [0.1, 0.15) is 50.5 Å². The fourth-order valence-electron chi connectivity index (χ4n) is 3.68. The van der Waals surface area contributed by atoms with Gasteiger partial charge in [0, 0.05) is 18.8 Å². The van der Waals surface area contributed by atoms with E-state index in [2.05, 4.69) is 5.32 Å². The predicted molar refractivity (Wildman–Crippen MR) is 131 cm³/mol. The first-order chi connectivity index (χ1) is 16.7. The van der Waals surface area contributed by atoms with Crippen molar-refractivity contribution in [1.29, 1.82) is 0 Å². The molecule has 0 aromatic heterocycles. The largest absolute Gasteiger partial charge is 0.423 e. The Morgan fingerprint density at radius 1 is 0.886 bits per heavy atom. The number of nitrogens with zero attached hydrogens (tertiary/aromatic N) is 2. The van der Waals surface area contributed by atoms with E-state index in [1.54, 1.807) is 79.8 Å². The molecule has 0 saturated carbocycles. The van der Waals surface area contributed by atoms with Gasteiger partial charge in [-0.15, -0.1) is 0 Å². The number of fused-ring (bicyclic) bond motifs is 1. The Morgan fingerprint density at radius 2 is 1.46 bits per heavy atom. The fourth-order valence-corrected chi connectivity index (χ4v) is 3.68. The molecule has 4 rings (SSSR count). The standard InChI is InChI=1S/C27H25N3O5/c1-17(2)28-27(34)29(3)20-12-14-21(15-13-20)35-26(33)19-10-8-18(9-11-19)16-30-24(31)22-6-4-5-7-23(22)25(30)32/h4-15,17H,16H2,1-3H3,(H,28,34). The van der Waals surface area contributed by atoms with E-state index in [1.165, 1.54) is 9.80 Å². The molecular weight excluding hydrogens is 446 g/mol. The highest BCUT2D eigenvalue weighted by Crippen LogP contribution is 2.25. The Bertz CT molecular complexity index is 1250. The predicted octanol–water partition coefficient (Wildman–Crippen LogP) is 4.26. The Morgan fingerprint density at radius 3 is 2.00 bits per heavy atom. The highest BCUT2D eigenvalue weighted by Gasteiger charge is 2.34. The molecule has 3 aromatic rings. The van der Waals surface area contributed by atoms with Crippen LogP contribution in [0, 0.1) is 0 Å². The summed E-state index contributed by atoms with van der Waals surface area (Å²) in [5, 5.41) is 2.81. The van der Waals surface area contributed by atoms with Gasteiger partial charge in [0.05, 0.1) is 23.2 Å². The number of carbonyl (C=O) groups is 4. The second kappa shape index (κ2) is 9.80. The van der Waals surface area contributed by atoms with Crippen LogP contribution < -0.4 is 15.0 Å². The van der Waals surface area contributed by atoms with Crippen molar-refractivity contribution in [2.45, 2.75) is 26.4 Å². The van der Waals surface area contributed by atoms with E-state index in [4.69, 9.17) is 4.74 Å². The zero-order chi connectivity index (χ0) is 25.1. The van der Waals surface area contributed by atoms with E-state index in [1.807, 2.05) is 13.8 Å². The Balaban J connectivity index is 1.37. The molecule has 1 N–H and O–H groups in total. The minimum atomic E-state index is -0.545. The van der Waals surface area contributed by atoms with Gasteiger partial charge in [-0.3, -0.25) is 19.4 Å². The van der Waals surface area contributed by atoms with E-state index in [9.17, 15) is 19.2 Å². The number of nitrogens with one attached hydrogen (secondary N) is 1. The van der Waals surface area contributed by atoms with Crippen LogP contribution in [0.2, 0.25) is 0 Å². The number of anilines is 1. The molecule has 178 valence electrons. The molecule has 1 heterocycles. The lowest BCUT2D eigenvalue weighted by Crippen LogP contribution is -2.40. The Kier molecular flexibility index (Phi) is 6.64. The highest BCUT2D eigenvalue weighted by atomic mass is 16.5. The number of benzene rings is 3. The number of urea groups is 1. The summed E-state index contributed by atoms with van der Waals surface area (Å²) in [7, 11) is 1.66. The molecule has 0 aliphatic carbocycles. The van der Waals surface area contributed by atoms with Crippen LogP contribution in [-0.4, -0.2) is 41.8 Å². The smallest absolute Gasteiger partial charge is 0.343 e. The zero-order valence-electron chi connectivity index (χ0n) is 19.6. The normalized spacial score (nSPS) is 12.5. The molecule has 0 bridgehead atoms. The molecule has 3 aromatic carbocycles. The monoisotopic (exact) mass is 471 g/mol. The maximum atomic E-state index is 12.6. The SMILES string of the molecule is CC(C)NC(=O)N(C)c1ccc(OC(=O)c2ccc(CN3C(=O)c4ccccc4C3=O)cc2)cc1. The van der Waals surface area contributed by atoms with E-state index in [-0.39, 0.29) is 30.4 Å². The van der Waals surface area contributed by atoms with Crippen molar-refractivity contribution in [2.24, 2.45) is 0 Å². The van der Waals surface area contributed by atoms with Gasteiger partial charge in [-0.05, 0) is 67.9 Å². The Hall–Kier alpha value is -4.46. The van der Waals surface area contributed by atoms with Crippen molar-refractivity contribution in [2.75, 3.05) is 11.9 Å². The van der Waals surface area contributed by atoms with Crippen LogP contribution in [-0.2, 0) is 6.54 Å². The summed E-state index contributed by atoms with van der Waals surface area (Å²) >= 11 is 0. The third-order valence-electron chi connectivity index (χ3n) is 5.56. The van der Waals surface area contributed by atoms with E-state index in [0.29, 0.717) is 33.7 Å². The minimum Gasteiger partial charge on any atom is -0.423 e. The molecule has 0 unspecified atom stereocenters. The lowest BCUT2D eigenvalue weighted by Gasteiger charge is -2.20. The molecule has 0 radical (unpaired) electrons. The Labute approximate surface area is 203 Å². The van der Waals surface area contributed by atoms with Gasteiger partial charge >= 0.3 is 12.0 Å². The molecule has 1 aliphatic heterocycles. The topological polar surface area (TPSA) is 96.0 Å². The number of hydrogen-bond acceptors (Lipinski definition) is 5. The second-order valence-electron chi connectivity index (χ2n) is 8.49. The fraction of sp³-hybridized carbons (Fsp3) is 0.185. The molecule has 0 saturated heterocycles. The van der Waals surface area contributed by atoms with Crippen molar-refractivity contribution in [3.05, 3.63) is 95.1 Å². The minimum absolute atomic E-state index is 0.0178. The van der Waals surface area contributed by atoms with Crippen molar-refractivity contribution in [1.82, 2.24) is 10.2 Å². The van der Waals surface area contributed by atoms with Gasteiger partial charge in [-0.25, -0.2) is 9.59 Å². The summed E-state index contributed by atoms with van der Waals surface area (Å²) in [6.45, 7) is 3.87. The first-order valence-corrected chi connectivity index (χ1v) is 11.1. The number of ether oxygens (including phenoxy) is 1. The lowest BCUT2D eigenvalue weighted by atomic mass is 10.1. The van der Waals surface area contributed by atoms with E-state index in [0.717, 1.165) is 0 Å². The maximum absolute atomic E-state index is 12.6. The molecular formula is C27H25N3O5. The van der Waals surface area contributed by atoms with Crippen LogP contribution in [0.15, 0.2) is 72.8 Å². The highest BCUT2D eigenvalue weighted by molar-refractivity contribution is 6.21. The van der Waals surface area contributed by atoms with Gasteiger partial charge in [0.25, 0.3) is 11.8 Å². The molecule has 35 heavy (non-hydrogen) atoms. The van der Waals surface area contributed by atoms with Gasteiger partial charge in [-0.2, -0.15) is 0 Å². The summed E-state index contributed by atoms with van der Waals surface area (Å²) in [5.41, 5.74) is 2.49. The van der Waals surface area contributed by atoms with Crippen molar-refractivity contribution < 1.29 is 23.9 Å². The number of hydrogen-bond donors (Lipinski definition) is 1. The average Bonchev–Trinajstić information content (AvgIpc) is 3.09.